The molecule has 0 fully saturated rings. The van der Waals surface area contributed by atoms with Crippen LogP contribution >= 0.6 is 0 Å². The first kappa shape index (κ1) is 12.1. The Bertz CT molecular complexity index is 401. The number of nitrogens with zero attached hydrogens (tertiary/aromatic N) is 1. The maximum atomic E-state index is 12.1. The number of fused-ring (bicyclic) bond motifs is 1. The summed E-state index contributed by atoms with van der Waals surface area (Å²) in [5.41, 5.74) is 8.58. The van der Waals surface area contributed by atoms with Gasteiger partial charge in [0.2, 0.25) is 0 Å². The Morgan fingerprint density at radius 2 is 2.06 bits per heavy atom. The Labute approximate surface area is 98.2 Å². The molecule has 1 aliphatic rings. The summed E-state index contributed by atoms with van der Waals surface area (Å²) in [6.07, 6.45) is -3.81. The van der Waals surface area contributed by atoms with Crippen molar-refractivity contribution in [3.63, 3.8) is 0 Å². The van der Waals surface area contributed by atoms with Crippen molar-refractivity contribution in [2.75, 3.05) is 23.7 Å². The zero-order valence-corrected chi connectivity index (χ0v) is 9.43. The number of hydrogen-bond acceptors (Lipinski definition) is 2. The molecule has 17 heavy (non-hydrogen) atoms. The highest BCUT2D eigenvalue weighted by Gasteiger charge is 2.27. The topological polar surface area (TPSA) is 29.3 Å². The van der Waals surface area contributed by atoms with Gasteiger partial charge in [0.15, 0.2) is 0 Å². The molecule has 1 aromatic rings. The predicted molar refractivity (Wildman–Crippen MR) is 62.1 cm³/mol. The number of alkyl halides is 3. The molecule has 2 N–H and O–H groups in total. The van der Waals surface area contributed by atoms with Gasteiger partial charge >= 0.3 is 6.18 Å². The number of benzene rings is 1. The molecule has 0 saturated heterocycles. The van der Waals surface area contributed by atoms with Gasteiger partial charge in [-0.1, -0.05) is 12.1 Å². The van der Waals surface area contributed by atoms with E-state index in [1.54, 1.807) is 6.07 Å². The lowest BCUT2D eigenvalue weighted by atomic mass is 10.1. The van der Waals surface area contributed by atoms with Crippen molar-refractivity contribution in [2.24, 2.45) is 0 Å². The maximum Gasteiger partial charge on any atom is 0.389 e. The molecule has 0 saturated carbocycles. The molecule has 0 aliphatic carbocycles. The molecular weight excluding hydrogens is 229 g/mol. The molecule has 1 heterocycles. The Balaban J connectivity index is 1.98. The van der Waals surface area contributed by atoms with Crippen LogP contribution in [-0.2, 0) is 6.42 Å². The second-order valence-corrected chi connectivity index (χ2v) is 4.31. The number of nitrogen functional groups attached to an aromatic ring is 1. The van der Waals surface area contributed by atoms with E-state index >= 15 is 0 Å². The van der Waals surface area contributed by atoms with E-state index in [-0.39, 0.29) is 6.42 Å². The van der Waals surface area contributed by atoms with Gasteiger partial charge in [0.05, 0.1) is 11.4 Å². The Morgan fingerprint density at radius 3 is 2.76 bits per heavy atom. The predicted octanol–water partition coefficient (Wildman–Crippen LogP) is 2.97. The van der Waals surface area contributed by atoms with Crippen molar-refractivity contribution in [1.82, 2.24) is 0 Å². The van der Waals surface area contributed by atoms with E-state index in [9.17, 15) is 13.2 Å². The molecule has 0 atom stereocenters. The molecule has 1 aliphatic heterocycles. The lowest BCUT2D eigenvalue weighted by molar-refractivity contribution is -0.135. The van der Waals surface area contributed by atoms with Gasteiger partial charge < -0.3 is 10.6 Å². The van der Waals surface area contributed by atoms with Crippen molar-refractivity contribution in [2.45, 2.75) is 25.4 Å². The molecule has 94 valence electrons. The van der Waals surface area contributed by atoms with Crippen LogP contribution in [0.3, 0.4) is 0 Å². The Morgan fingerprint density at radius 1 is 1.29 bits per heavy atom. The first-order valence-corrected chi connectivity index (χ1v) is 5.66. The smallest absolute Gasteiger partial charge is 0.389 e. The van der Waals surface area contributed by atoms with E-state index in [4.69, 9.17) is 5.73 Å². The molecule has 1 aromatic carbocycles. The highest BCUT2D eigenvalue weighted by atomic mass is 19.4. The van der Waals surface area contributed by atoms with E-state index in [1.165, 1.54) is 0 Å². The van der Waals surface area contributed by atoms with Gasteiger partial charge in [-0.3, -0.25) is 0 Å². The number of halogens is 3. The zero-order valence-electron chi connectivity index (χ0n) is 9.43. The van der Waals surface area contributed by atoms with Crippen molar-refractivity contribution in [3.05, 3.63) is 23.8 Å². The van der Waals surface area contributed by atoms with Crippen LogP contribution in [0.1, 0.15) is 18.4 Å². The lowest BCUT2D eigenvalue weighted by Gasteiger charge is -2.21. The minimum absolute atomic E-state index is 0.122. The fourth-order valence-electron chi connectivity index (χ4n) is 2.26. The largest absolute Gasteiger partial charge is 0.397 e. The SMILES string of the molecule is Nc1cccc2c1N(CCCC(F)(F)F)CC2. The van der Waals surface area contributed by atoms with Crippen LogP contribution in [0.2, 0.25) is 0 Å². The summed E-state index contributed by atoms with van der Waals surface area (Å²) in [5.74, 6) is 0. The van der Waals surface area contributed by atoms with Gasteiger partial charge in [0.25, 0.3) is 0 Å². The minimum atomic E-state index is -4.06. The average Bonchev–Trinajstić information content (AvgIpc) is 2.61. The highest BCUT2D eigenvalue weighted by molar-refractivity contribution is 5.74. The summed E-state index contributed by atoms with van der Waals surface area (Å²) in [4.78, 5) is 1.95. The van der Waals surface area contributed by atoms with Gasteiger partial charge in [0.1, 0.15) is 0 Å². The van der Waals surface area contributed by atoms with Gasteiger partial charge in [-0.2, -0.15) is 13.2 Å². The molecule has 2 nitrogen and oxygen atoms in total. The van der Waals surface area contributed by atoms with Crippen LogP contribution in [0, 0.1) is 0 Å². The molecule has 5 heteroatoms. The third-order valence-corrected chi connectivity index (χ3v) is 3.01. The van der Waals surface area contributed by atoms with E-state index < -0.39 is 12.6 Å². The standard InChI is InChI=1S/C12H15F3N2/c13-12(14,15)6-2-7-17-8-5-9-3-1-4-10(16)11(9)17/h1,3-4H,2,5-8,16H2. The Kier molecular flexibility index (Phi) is 3.17. The molecule has 0 spiro atoms. The lowest BCUT2D eigenvalue weighted by Crippen LogP contribution is -2.24. The summed E-state index contributed by atoms with van der Waals surface area (Å²) < 4.78 is 36.2. The van der Waals surface area contributed by atoms with E-state index in [1.807, 2.05) is 17.0 Å². The first-order chi connectivity index (χ1) is 7.97. The number of rotatable bonds is 3. The number of hydrogen-bond donors (Lipinski definition) is 1. The summed E-state index contributed by atoms with van der Waals surface area (Å²) in [7, 11) is 0. The van der Waals surface area contributed by atoms with Gasteiger partial charge in [-0.15, -0.1) is 0 Å². The fraction of sp³-hybridized carbons (Fsp3) is 0.500. The van der Waals surface area contributed by atoms with Crippen LogP contribution in [0.25, 0.3) is 0 Å². The molecular formula is C12H15F3N2. The number of nitrogens with two attached hydrogens (primary N) is 1. The third-order valence-electron chi connectivity index (χ3n) is 3.01. The Hall–Kier alpha value is -1.39. The highest BCUT2D eigenvalue weighted by Crippen LogP contribution is 2.34. The average molecular weight is 244 g/mol. The van der Waals surface area contributed by atoms with E-state index in [0.717, 1.165) is 24.2 Å². The number of anilines is 2. The summed E-state index contributed by atoms with van der Waals surface area (Å²) >= 11 is 0. The monoisotopic (exact) mass is 244 g/mol. The second kappa shape index (κ2) is 4.47. The molecule has 2 rings (SSSR count). The second-order valence-electron chi connectivity index (χ2n) is 4.31. The summed E-state index contributed by atoms with van der Waals surface area (Å²) in [6.45, 7) is 1.18. The van der Waals surface area contributed by atoms with Crippen LogP contribution in [0.15, 0.2) is 18.2 Å². The van der Waals surface area contributed by atoms with Crippen LogP contribution in [0.5, 0.6) is 0 Å². The quantitative estimate of drug-likeness (QED) is 0.828. The van der Waals surface area contributed by atoms with Gasteiger partial charge in [-0.25, -0.2) is 0 Å². The molecule has 0 radical (unpaired) electrons. The first-order valence-electron chi connectivity index (χ1n) is 5.66. The molecule has 0 bridgehead atoms. The van der Waals surface area contributed by atoms with Crippen molar-refractivity contribution in [3.8, 4) is 0 Å². The fourth-order valence-corrected chi connectivity index (χ4v) is 2.26. The third kappa shape index (κ3) is 2.84. The molecule has 0 aromatic heterocycles. The van der Waals surface area contributed by atoms with Crippen molar-refractivity contribution < 1.29 is 13.2 Å². The molecule has 0 unspecified atom stereocenters. The van der Waals surface area contributed by atoms with E-state index in [2.05, 4.69) is 0 Å². The maximum absolute atomic E-state index is 12.1. The summed E-state index contributed by atoms with van der Waals surface area (Å²) in [6, 6.07) is 5.66. The van der Waals surface area contributed by atoms with E-state index in [0.29, 0.717) is 12.2 Å². The minimum Gasteiger partial charge on any atom is -0.397 e. The van der Waals surface area contributed by atoms with Crippen molar-refractivity contribution in [1.29, 1.82) is 0 Å². The van der Waals surface area contributed by atoms with Gasteiger partial charge in [0, 0.05) is 19.5 Å². The van der Waals surface area contributed by atoms with Crippen molar-refractivity contribution >= 4 is 11.4 Å². The summed E-state index contributed by atoms with van der Waals surface area (Å²) in [5, 5.41) is 0. The normalized spacial score (nSPS) is 15.1. The molecule has 0 amide bonds. The van der Waals surface area contributed by atoms with Crippen LogP contribution in [-0.4, -0.2) is 19.3 Å². The zero-order chi connectivity index (χ0) is 12.5. The van der Waals surface area contributed by atoms with Gasteiger partial charge in [-0.05, 0) is 24.5 Å². The van der Waals surface area contributed by atoms with Crippen LogP contribution in [0.4, 0.5) is 24.5 Å². The number of para-hydroxylation sites is 1. The van der Waals surface area contributed by atoms with Crippen LogP contribution < -0.4 is 10.6 Å².